The number of rotatable bonds is 3. The van der Waals surface area contributed by atoms with Gasteiger partial charge in [0.05, 0.1) is 19.2 Å². The Kier molecular flexibility index (Phi) is 2.74. The van der Waals surface area contributed by atoms with Crippen molar-refractivity contribution in [1.29, 1.82) is 0 Å². The van der Waals surface area contributed by atoms with Gasteiger partial charge in [0.2, 0.25) is 0 Å². The Labute approximate surface area is 83.3 Å². The van der Waals surface area contributed by atoms with E-state index in [1.807, 2.05) is 12.1 Å². The molecule has 1 atom stereocenters. The molecule has 2 heterocycles. The third-order valence-electron chi connectivity index (χ3n) is 2.72. The predicted octanol–water partition coefficient (Wildman–Crippen LogP) is 0.699. The Balaban J connectivity index is 2.13. The molecule has 0 aliphatic carbocycles. The van der Waals surface area contributed by atoms with Gasteiger partial charge < -0.3 is 20.2 Å². The molecule has 14 heavy (non-hydrogen) atoms. The molecule has 1 aliphatic heterocycles. The summed E-state index contributed by atoms with van der Waals surface area (Å²) < 4.78 is 5.54. The van der Waals surface area contributed by atoms with Gasteiger partial charge in [0.25, 0.3) is 0 Å². The highest BCUT2D eigenvalue weighted by Gasteiger charge is 2.25. The van der Waals surface area contributed by atoms with Crippen molar-refractivity contribution in [3.05, 3.63) is 17.9 Å². The van der Waals surface area contributed by atoms with Crippen LogP contribution in [-0.2, 0) is 6.54 Å². The molecular formula is C10H16N2O2. The SMILES string of the molecule is NCc1ccc(N2CCCC2CO)o1. The maximum Gasteiger partial charge on any atom is 0.196 e. The van der Waals surface area contributed by atoms with E-state index < -0.39 is 0 Å². The van der Waals surface area contributed by atoms with Gasteiger partial charge in [-0.15, -0.1) is 0 Å². The average Bonchev–Trinajstić information content (AvgIpc) is 2.85. The molecule has 1 aliphatic rings. The first-order chi connectivity index (χ1) is 6.85. The summed E-state index contributed by atoms with van der Waals surface area (Å²) in [5.41, 5.74) is 5.47. The minimum absolute atomic E-state index is 0.193. The van der Waals surface area contributed by atoms with Gasteiger partial charge in [-0.25, -0.2) is 0 Å². The normalized spacial score (nSPS) is 21.9. The van der Waals surface area contributed by atoms with Crippen LogP contribution >= 0.6 is 0 Å². The minimum atomic E-state index is 0.193. The summed E-state index contributed by atoms with van der Waals surface area (Å²) in [6, 6.07) is 4.03. The number of nitrogens with zero attached hydrogens (tertiary/aromatic N) is 1. The number of aliphatic hydroxyl groups excluding tert-OH is 1. The van der Waals surface area contributed by atoms with Crippen molar-refractivity contribution in [1.82, 2.24) is 0 Å². The molecular weight excluding hydrogens is 180 g/mol. The zero-order valence-corrected chi connectivity index (χ0v) is 8.15. The summed E-state index contributed by atoms with van der Waals surface area (Å²) in [5.74, 6) is 1.63. The van der Waals surface area contributed by atoms with Gasteiger partial charge in [0, 0.05) is 12.6 Å². The second kappa shape index (κ2) is 4.02. The number of hydrogen-bond donors (Lipinski definition) is 2. The van der Waals surface area contributed by atoms with Crippen LogP contribution in [0.25, 0.3) is 0 Å². The van der Waals surface area contributed by atoms with Gasteiger partial charge >= 0.3 is 0 Å². The van der Waals surface area contributed by atoms with Gasteiger partial charge in [-0.05, 0) is 18.9 Å². The summed E-state index contributed by atoms with van der Waals surface area (Å²) in [4.78, 5) is 2.11. The minimum Gasteiger partial charge on any atom is -0.444 e. The Bertz CT molecular complexity index is 298. The van der Waals surface area contributed by atoms with Crippen LogP contribution < -0.4 is 10.6 Å². The molecule has 0 saturated carbocycles. The summed E-state index contributed by atoms with van der Waals surface area (Å²) in [6.45, 7) is 1.58. The molecule has 2 rings (SSSR count). The van der Waals surface area contributed by atoms with E-state index in [0.29, 0.717) is 6.54 Å². The number of aliphatic hydroxyl groups is 1. The van der Waals surface area contributed by atoms with Gasteiger partial charge in [-0.1, -0.05) is 0 Å². The van der Waals surface area contributed by atoms with Crippen molar-refractivity contribution in [3.63, 3.8) is 0 Å². The lowest BCUT2D eigenvalue weighted by molar-refractivity contribution is 0.263. The third-order valence-corrected chi connectivity index (χ3v) is 2.72. The monoisotopic (exact) mass is 196 g/mol. The topological polar surface area (TPSA) is 62.6 Å². The summed E-state index contributed by atoms with van der Waals surface area (Å²) in [6.07, 6.45) is 2.15. The lowest BCUT2D eigenvalue weighted by Gasteiger charge is -2.21. The van der Waals surface area contributed by atoms with Crippen molar-refractivity contribution in [3.8, 4) is 0 Å². The molecule has 4 heteroatoms. The smallest absolute Gasteiger partial charge is 0.196 e. The molecule has 4 nitrogen and oxygen atoms in total. The standard InChI is InChI=1S/C10H16N2O2/c11-6-9-3-4-10(14-9)12-5-1-2-8(12)7-13/h3-4,8,13H,1-2,5-7,11H2. The fourth-order valence-electron chi connectivity index (χ4n) is 1.95. The fourth-order valence-corrected chi connectivity index (χ4v) is 1.95. The van der Waals surface area contributed by atoms with Crippen LogP contribution in [0.3, 0.4) is 0 Å². The molecule has 3 N–H and O–H groups in total. The first-order valence-electron chi connectivity index (χ1n) is 5.01. The number of nitrogens with two attached hydrogens (primary N) is 1. The molecule has 0 bridgehead atoms. The van der Waals surface area contributed by atoms with Crippen LogP contribution in [-0.4, -0.2) is 24.3 Å². The van der Waals surface area contributed by atoms with Crippen LogP contribution in [0.15, 0.2) is 16.5 Å². The molecule has 1 aromatic heterocycles. The third kappa shape index (κ3) is 1.63. The Morgan fingerprint density at radius 1 is 1.57 bits per heavy atom. The average molecular weight is 196 g/mol. The van der Waals surface area contributed by atoms with E-state index in [4.69, 9.17) is 15.3 Å². The quantitative estimate of drug-likeness (QED) is 0.747. The molecule has 1 saturated heterocycles. The molecule has 0 spiro atoms. The molecule has 1 fully saturated rings. The van der Waals surface area contributed by atoms with E-state index in [-0.39, 0.29) is 12.6 Å². The van der Waals surface area contributed by atoms with Crippen molar-refractivity contribution in [2.45, 2.75) is 25.4 Å². The molecule has 78 valence electrons. The lowest BCUT2D eigenvalue weighted by Crippen LogP contribution is -2.31. The second-order valence-electron chi connectivity index (χ2n) is 3.62. The summed E-state index contributed by atoms with van der Waals surface area (Å²) in [7, 11) is 0. The van der Waals surface area contributed by atoms with Gasteiger partial charge in [0.1, 0.15) is 5.76 Å². The Hall–Kier alpha value is -1.00. The number of hydrogen-bond acceptors (Lipinski definition) is 4. The van der Waals surface area contributed by atoms with E-state index in [9.17, 15) is 0 Å². The van der Waals surface area contributed by atoms with E-state index in [0.717, 1.165) is 31.0 Å². The van der Waals surface area contributed by atoms with Crippen LogP contribution in [0.2, 0.25) is 0 Å². The summed E-state index contributed by atoms with van der Waals surface area (Å²) >= 11 is 0. The van der Waals surface area contributed by atoms with E-state index in [1.165, 1.54) is 0 Å². The van der Waals surface area contributed by atoms with Gasteiger partial charge in [-0.2, -0.15) is 0 Å². The van der Waals surface area contributed by atoms with E-state index in [2.05, 4.69) is 4.90 Å². The highest BCUT2D eigenvalue weighted by Crippen LogP contribution is 2.26. The number of furan rings is 1. The zero-order valence-electron chi connectivity index (χ0n) is 8.15. The molecule has 0 amide bonds. The van der Waals surface area contributed by atoms with E-state index >= 15 is 0 Å². The maximum absolute atomic E-state index is 9.15. The first kappa shape index (κ1) is 9.55. The van der Waals surface area contributed by atoms with Crippen LogP contribution in [0, 0.1) is 0 Å². The van der Waals surface area contributed by atoms with Crippen molar-refractivity contribution < 1.29 is 9.52 Å². The lowest BCUT2D eigenvalue weighted by atomic mass is 10.2. The highest BCUT2D eigenvalue weighted by molar-refractivity contribution is 5.39. The molecule has 0 aromatic carbocycles. The highest BCUT2D eigenvalue weighted by atomic mass is 16.4. The number of anilines is 1. The molecule has 1 aromatic rings. The zero-order chi connectivity index (χ0) is 9.97. The van der Waals surface area contributed by atoms with Crippen molar-refractivity contribution >= 4 is 5.88 Å². The van der Waals surface area contributed by atoms with Crippen molar-refractivity contribution in [2.75, 3.05) is 18.1 Å². The predicted molar refractivity (Wildman–Crippen MR) is 54.1 cm³/mol. The van der Waals surface area contributed by atoms with Crippen LogP contribution in [0.5, 0.6) is 0 Å². The van der Waals surface area contributed by atoms with E-state index in [1.54, 1.807) is 0 Å². The Morgan fingerprint density at radius 2 is 2.43 bits per heavy atom. The Morgan fingerprint density at radius 3 is 3.07 bits per heavy atom. The largest absolute Gasteiger partial charge is 0.444 e. The fraction of sp³-hybridized carbons (Fsp3) is 0.600. The molecule has 1 unspecified atom stereocenters. The van der Waals surface area contributed by atoms with Gasteiger partial charge in [-0.3, -0.25) is 0 Å². The maximum atomic E-state index is 9.15. The van der Waals surface area contributed by atoms with Crippen LogP contribution in [0.1, 0.15) is 18.6 Å². The van der Waals surface area contributed by atoms with Gasteiger partial charge in [0.15, 0.2) is 5.88 Å². The van der Waals surface area contributed by atoms with Crippen LogP contribution in [0.4, 0.5) is 5.88 Å². The molecule has 0 radical (unpaired) electrons. The van der Waals surface area contributed by atoms with Crippen molar-refractivity contribution in [2.24, 2.45) is 5.73 Å². The summed E-state index contributed by atoms with van der Waals surface area (Å²) in [5, 5.41) is 9.15. The first-order valence-corrected chi connectivity index (χ1v) is 5.01. The second-order valence-corrected chi connectivity index (χ2v) is 3.62.